The number of aryl methyl sites for hydroxylation is 1. The lowest BCUT2D eigenvalue weighted by Gasteiger charge is -2.09. The molecule has 108 valence electrons. The van der Waals surface area contributed by atoms with E-state index in [1.807, 2.05) is 0 Å². The normalized spacial score (nSPS) is 11.6. The first-order chi connectivity index (χ1) is 9.36. The maximum atomic E-state index is 11.9. The van der Waals surface area contributed by atoms with Crippen molar-refractivity contribution < 1.29 is 19.2 Å². The Labute approximate surface area is 120 Å². The number of nitrogens with one attached hydrogen (secondary N) is 1. The molecule has 0 bridgehead atoms. The number of carbonyl (C=O) groups excluding carboxylic acids is 2. The Bertz CT molecular complexity index is 547. The third-order valence-corrected chi connectivity index (χ3v) is 2.82. The number of hydrogen-bond donors (Lipinski definition) is 1. The number of hydrogen-bond acceptors (Lipinski definition) is 5. The third-order valence-electron chi connectivity index (χ3n) is 2.49. The van der Waals surface area contributed by atoms with E-state index < -0.39 is 22.2 Å². The van der Waals surface area contributed by atoms with E-state index in [0.29, 0.717) is 5.56 Å². The fourth-order valence-electron chi connectivity index (χ4n) is 1.48. The second-order valence-electron chi connectivity index (χ2n) is 3.98. The highest BCUT2D eigenvalue weighted by atomic mass is 35.5. The van der Waals surface area contributed by atoms with Crippen molar-refractivity contribution in [2.75, 3.05) is 13.7 Å². The van der Waals surface area contributed by atoms with E-state index in [9.17, 15) is 19.7 Å². The van der Waals surface area contributed by atoms with Gasteiger partial charge >= 0.3 is 5.97 Å². The van der Waals surface area contributed by atoms with E-state index in [4.69, 9.17) is 11.6 Å². The van der Waals surface area contributed by atoms with Gasteiger partial charge in [0, 0.05) is 12.6 Å². The first-order valence-electron chi connectivity index (χ1n) is 5.62. The lowest BCUT2D eigenvalue weighted by Crippen LogP contribution is -2.34. The molecule has 1 aromatic rings. The molecule has 8 heteroatoms. The predicted octanol–water partition coefficient (Wildman–Crippen LogP) is 1.41. The number of esters is 1. The minimum Gasteiger partial charge on any atom is -0.468 e. The van der Waals surface area contributed by atoms with Gasteiger partial charge < -0.3 is 10.1 Å². The molecule has 0 radical (unpaired) electrons. The summed E-state index contributed by atoms with van der Waals surface area (Å²) in [6.45, 7) is 1.53. The Morgan fingerprint density at radius 1 is 1.50 bits per heavy atom. The van der Waals surface area contributed by atoms with Gasteiger partial charge in [-0.3, -0.25) is 19.7 Å². The molecule has 20 heavy (non-hydrogen) atoms. The number of carbonyl (C=O) groups is 2. The molecule has 0 aromatic heterocycles. The molecule has 1 unspecified atom stereocenters. The number of methoxy groups -OCH3 is 1. The fourth-order valence-corrected chi connectivity index (χ4v) is 1.65. The van der Waals surface area contributed by atoms with Gasteiger partial charge in [-0.15, -0.1) is 11.6 Å². The average molecular weight is 301 g/mol. The largest absolute Gasteiger partial charge is 0.468 e. The Hall–Kier alpha value is -2.15. The van der Waals surface area contributed by atoms with Crippen molar-refractivity contribution in [3.05, 3.63) is 39.4 Å². The zero-order chi connectivity index (χ0) is 15.3. The van der Waals surface area contributed by atoms with Crippen LogP contribution in [0.25, 0.3) is 0 Å². The van der Waals surface area contributed by atoms with Crippen LogP contribution in [0, 0.1) is 17.0 Å². The average Bonchev–Trinajstić information content (AvgIpc) is 2.42. The summed E-state index contributed by atoms with van der Waals surface area (Å²) in [4.78, 5) is 33.2. The summed E-state index contributed by atoms with van der Waals surface area (Å²) in [5.74, 6) is -1.36. The highest BCUT2D eigenvalue weighted by molar-refractivity contribution is 6.30. The number of nitro groups is 1. The smallest absolute Gasteiger partial charge is 0.325 e. The van der Waals surface area contributed by atoms with Crippen molar-refractivity contribution in [2.45, 2.75) is 12.3 Å². The summed E-state index contributed by atoms with van der Waals surface area (Å²) in [6, 6.07) is 4.19. The van der Waals surface area contributed by atoms with E-state index in [2.05, 4.69) is 10.1 Å². The van der Waals surface area contributed by atoms with Crippen molar-refractivity contribution in [1.82, 2.24) is 5.32 Å². The first-order valence-corrected chi connectivity index (χ1v) is 6.05. The number of alkyl halides is 1. The van der Waals surface area contributed by atoms with Crippen LogP contribution in [0.5, 0.6) is 0 Å². The second-order valence-corrected chi connectivity index (χ2v) is 4.51. The van der Waals surface area contributed by atoms with Crippen LogP contribution in [0.2, 0.25) is 0 Å². The summed E-state index contributed by atoms with van der Waals surface area (Å²) in [6.07, 6.45) is 0. The van der Waals surface area contributed by atoms with Crippen LogP contribution in [0.3, 0.4) is 0 Å². The maximum Gasteiger partial charge on any atom is 0.325 e. The molecule has 0 aliphatic rings. The van der Waals surface area contributed by atoms with Crippen LogP contribution in [0.1, 0.15) is 15.9 Å². The lowest BCUT2D eigenvalue weighted by molar-refractivity contribution is -0.385. The van der Waals surface area contributed by atoms with Gasteiger partial charge in [0.15, 0.2) is 0 Å². The molecule has 1 N–H and O–H groups in total. The first kappa shape index (κ1) is 15.9. The number of ether oxygens (including phenoxy) is 1. The van der Waals surface area contributed by atoms with Crippen molar-refractivity contribution in [3.8, 4) is 0 Å². The molecule has 0 aliphatic carbocycles. The maximum absolute atomic E-state index is 11.9. The number of nitro benzene ring substituents is 1. The molecule has 0 spiro atoms. The molecule has 1 aromatic carbocycles. The number of rotatable bonds is 5. The van der Waals surface area contributed by atoms with Crippen LogP contribution in [-0.2, 0) is 9.53 Å². The third kappa shape index (κ3) is 3.92. The summed E-state index contributed by atoms with van der Waals surface area (Å²) in [7, 11) is 1.17. The van der Waals surface area contributed by atoms with Crippen LogP contribution in [-0.4, -0.2) is 35.8 Å². The molecule has 1 atom stereocenters. The molecule has 7 nitrogen and oxygen atoms in total. The highest BCUT2D eigenvalue weighted by Gasteiger charge is 2.22. The number of halogens is 1. The van der Waals surface area contributed by atoms with E-state index in [1.54, 1.807) is 6.92 Å². The van der Waals surface area contributed by atoms with Crippen molar-refractivity contribution >= 4 is 29.2 Å². The van der Waals surface area contributed by atoms with Crippen molar-refractivity contribution in [3.63, 3.8) is 0 Å². The molecule has 0 fully saturated rings. The summed E-state index contributed by atoms with van der Waals surface area (Å²) >= 11 is 5.67. The van der Waals surface area contributed by atoms with Crippen molar-refractivity contribution in [1.29, 1.82) is 0 Å². The van der Waals surface area contributed by atoms with Gasteiger partial charge in [-0.2, -0.15) is 0 Å². The Kier molecular flexibility index (Phi) is 5.45. The van der Waals surface area contributed by atoms with Gasteiger partial charge in [0.1, 0.15) is 10.9 Å². The fraction of sp³-hybridized carbons (Fsp3) is 0.333. The zero-order valence-electron chi connectivity index (χ0n) is 10.9. The van der Waals surface area contributed by atoms with Crippen LogP contribution in [0.15, 0.2) is 18.2 Å². The number of amides is 1. The van der Waals surface area contributed by atoms with Crippen LogP contribution >= 0.6 is 11.6 Å². The molecular weight excluding hydrogens is 288 g/mol. The zero-order valence-corrected chi connectivity index (χ0v) is 11.6. The predicted molar refractivity (Wildman–Crippen MR) is 71.8 cm³/mol. The molecule has 1 rings (SSSR count). The second kappa shape index (κ2) is 6.85. The van der Waals surface area contributed by atoms with Gasteiger partial charge in [-0.05, 0) is 18.6 Å². The molecule has 0 saturated carbocycles. The summed E-state index contributed by atoms with van der Waals surface area (Å²) in [5, 5.41) is 12.2. The van der Waals surface area contributed by atoms with E-state index in [0.717, 1.165) is 0 Å². The molecule has 0 heterocycles. The monoisotopic (exact) mass is 300 g/mol. The number of nitrogens with zero attached hydrogens (tertiary/aromatic N) is 1. The van der Waals surface area contributed by atoms with Crippen molar-refractivity contribution in [2.24, 2.45) is 0 Å². The lowest BCUT2D eigenvalue weighted by atomic mass is 10.1. The molecule has 0 saturated heterocycles. The van der Waals surface area contributed by atoms with Gasteiger partial charge in [-0.1, -0.05) is 6.07 Å². The molecule has 1 amide bonds. The summed E-state index contributed by atoms with van der Waals surface area (Å²) < 4.78 is 4.40. The number of benzene rings is 1. The minimum atomic E-state index is -1.05. The summed E-state index contributed by atoms with van der Waals surface area (Å²) in [5.41, 5.74) is 0.317. The topological polar surface area (TPSA) is 98.5 Å². The van der Waals surface area contributed by atoms with Gasteiger partial charge in [-0.25, -0.2) is 0 Å². The Balaban J connectivity index is 2.85. The van der Waals surface area contributed by atoms with E-state index >= 15 is 0 Å². The Morgan fingerprint density at radius 3 is 2.70 bits per heavy atom. The van der Waals surface area contributed by atoms with Gasteiger partial charge in [0.05, 0.1) is 12.0 Å². The van der Waals surface area contributed by atoms with Crippen LogP contribution in [0.4, 0.5) is 5.69 Å². The van der Waals surface area contributed by atoms with Gasteiger partial charge in [0.2, 0.25) is 0 Å². The van der Waals surface area contributed by atoms with Crippen LogP contribution < -0.4 is 5.32 Å². The Morgan fingerprint density at radius 2 is 2.15 bits per heavy atom. The standard InChI is InChI=1S/C12H13ClN2O5/c1-7-3-4-10(15(18)19)8(5-7)11(16)14-6-9(13)12(17)20-2/h3-5,9H,6H2,1-2H3,(H,14,16). The quantitative estimate of drug-likeness (QED) is 0.384. The highest BCUT2D eigenvalue weighted by Crippen LogP contribution is 2.19. The van der Waals surface area contributed by atoms with Gasteiger partial charge in [0.25, 0.3) is 11.6 Å². The minimum absolute atomic E-state index is 0.0799. The molecule has 0 aliphatic heterocycles. The molecular formula is C12H13ClN2O5. The SMILES string of the molecule is COC(=O)C(Cl)CNC(=O)c1cc(C)ccc1[N+](=O)[O-]. The van der Waals surface area contributed by atoms with E-state index in [1.165, 1.54) is 25.3 Å². The van der Waals surface area contributed by atoms with E-state index in [-0.39, 0.29) is 17.8 Å².